The van der Waals surface area contributed by atoms with E-state index in [1.54, 1.807) is 0 Å². The Labute approximate surface area is 111 Å². The Kier molecular flexibility index (Phi) is 2.38. The van der Waals surface area contributed by atoms with Crippen LogP contribution in [0.2, 0.25) is 0 Å². The number of nitrogens with one attached hydrogen (secondary N) is 2. The van der Waals surface area contributed by atoms with Crippen LogP contribution in [0.15, 0.2) is 36.7 Å². The first-order valence-electron chi connectivity index (χ1n) is 6.93. The summed E-state index contributed by atoms with van der Waals surface area (Å²) in [5, 5.41) is 6.71. The third kappa shape index (κ3) is 1.83. The van der Waals surface area contributed by atoms with E-state index in [4.69, 9.17) is 0 Å². The summed E-state index contributed by atoms with van der Waals surface area (Å²) in [5.41, 5.74) is 1.80. The number of amides is 1. The highest BCUT2D eigenvalue weighted by Crippen LogP contribution is 2.28. The number of hydrogen-bond donors (Lipinski definition) is 2. The quantitative estimate of drug-likeness (QED) is 0.855. The minimum Gasteiger partial charge on any atom is -0.348 e. The van der Waals surface area contributed by atoms with Crippen molar-refractivity contribution < 1.29 is 4.79 Å². The molecule has 2 aliphatic rings. The molecule has 0 unspecified atom stereocenters. The summed E-state index contributed by atoms with van der Waals surface area (Å²) in [6, 6.07) is 9.20. The molecule has 4 heterocycles. The molecule has 2 bridgehead atoms. The molecular formula is C15H17N3O. The smallest absolute Gasteiger partial charge is 0.251 e. The zero-order chi connectivity index (χ0) is 12.8. The molecule has 3 atom stereocenters. The maximum Gasteiger partial charge on any atom is 0.251 e. The fourth-order valence-electron chi connectivity index (χ4n) is 3.41. The monoisotopic (exact) mass is 255 g/mol. The van der Waals surface area contributed by atoms with Crippen LogP contribution in [0, 0.1) is 0 Å². The molecule has 2 aromatic rings. The van der Waals surface area contributed by atoms with Gasteiger partial charge in [-0.1, -0.05) is 0 Å². The highest BCUT2D eigenvalue weighted by molar-refractivity contribution is 5.95. The second-order valence-corrected chi connectivity index (χ2v) is 5.62. The Balaban J connectivity index is 1.53. The van der Waals surface area contributed by atoms with E-state index in [0.29, 0.717) is 18.1 Å². The second kappa shape index (κ2) is 4.10. The lowest BCUT2D eigenvalue weighted by atomic mass is 9.95. The minimum atomic E-state index is 0.0445. The summed E-state index contributed by atoms with van der Waals surface area (Å²) in [6.07, 6.45) is 7.43. The zero-order valence-electron chi connectivity index (χ0n) is 10.7. The fraction of sp³-hybridized carbons (Fsp3) is 0.400. The van der Waals surface area contributed by atoms with Gasteiger partial charge in [0.25, 0.3) is 5.91 Å². The van der Waals surface area contributed by atoms with Gasteiger partial charge in [-0.15, -0.1) is 0 Å². The summed E-state index contributed by atoms with van der Waals surface area (Å²) < 4.78 is 2.01. The molecule has 1 amide bonds. The predicted molar refractivity (Wildman–Crippen MR) is 73.2 cm³/mol. The van der Waals surface area contributed by atoms with Crippen molar-refractivity contribution in [2.75, 3.05) is 0 Å². The van der Waals surface area contributed by atoms with E-state index in [2.05, 4.69) is 10.6 Å². The van der Waals surface area contributed by atoms with Gasteiger partial charge in [0.1, 0.15) is 0 Å². The van der Waals surface area contributed by atoms with Gasteiger partial charge in [0.05, 0.1) is 0 Å². The van der Waals surface area contributed by atoms with Crippen molar-refractivity contribution in [1.82, 2.24) is 15.0 Å². The number of pyridine rings is 1. The topological polar surface area (TPSA) is 45.5 Å². The zero-order valence-corrected chi connectivity index (χ0v) is 10.7. The van der Waals surface area contributed by atoms with Gasteiger partial charge in [-0.05, 0) is 43.5 Å². The normalized spacial score (nSPS) is 28.9. The van der Waals surface area contributed by atoms with Gasteiger partial charge in [0.2, 0.25) is 0 Å². The molecular weight excluding hydrogens is 238 g/mol. The van der Waals surface area contributed by atoms with Crippen LogP contribution >= 0.6 is 0 Å². The molecule has 98 valence electrons. The number of aromatic nitrogens is 1. The van der Waals surface area contributed by atoms with Crippen LogP contribution in [-0.2, 0) is 0 Å². The van der Waals surface area contributed by atoms with E-state index in [1.807, 2.05) is 41.1 Å². The maximum absolute atomic E-state index is 12.3. The third-order valence-corrected chi connectivity index (χ3v) is 4.41. The van der Waals surface area contributed by atoms with Gasteiger partial charge in [-0.2, -0.15) is 0 Å². The van der Waals surface area contributed by atoms with Crippen molar-refractivity contribution in [2.45, 2.75) is 37.4 Å². The van der Waals surface area contributed by atoms with Crippen molar-refractivity contribution in [3.63, 3.8) is 0 Å². The molecule has 4 nitrogen and oxygen atoms in total. The van der Waals surface area contributed by atoms with Crippen molar-refractivity contribution in [2.24, 2.45) is 0 Å². The molecule has 4 rings (SSSR count). The van der Waals surface area contributed by atoms with Crippen LogP contribution in [0.4, 0.5) is 0 Å². The van der Waals surface area contributed by atoms with Crippen LogP contribution < -0.4 is 10.6 Å². The number of carbonyl (C=O) groups is 1. The fourth-order valence-corrected chi connectivity index (χ4v) is 3.41. The first-order chi connectivity index (χ1) is 9.29. The summed E-state index contributed by atoms with van der Waals surface area (Å²) in [7, 11) is 0. The van der Waals surface area contributed by atoms with Gasteiger partial charge >= 0.3 is 0 Å². The Morgan fingerprint density at radius 1 is 1.32 bits per heavy atom. The number of fused-ring (bicyclic) bond motifs is 3. The largest absolute Gasteiger partial charge is 0.348 e. The van der Waals surface area contributed by atoms with Crippen LogP contribution in [0.3, 0.4) is 0 Å². The van der Waals surface area contributed by atoms with Crippen molar-refractivity contribution >= 4 is 11.4 Å². The van der Waals surface area contributed by atoms with E-state index >= 15 is 0 Å². The molecule has 2 fully saturated rings. The maximum atomic E-state index is 12.3. The molecule has 2 aliphatic heterocycles. The third-order valence-electron chi connectivity index (χ3n) is 4.41. The number of hydrogen-bond acceptors (Lipinski definition) is 2. The molecule has 2 N–H and O–H groups in total. The molecule has 4 heteroatoms. The van der Waals surface area contributed by atoms with Crippen LogP contribution in [0.5, 0.6) is 0 Å². The molecule has 2 saturated heterocycles. The van der Waals surface area contributed by atoms with Crippen LogP contribution in [-0.4, -0.2) is 28.4 Å². The number of nitrogens with zero attached hydrogens (tertiary/aromatic N) is 1. The van der Waals surface area contributed by atoms with Crippen molar-refractivity contribution in [3.05, 3.63) is 42.2 Å². The Morgan fingerprint density at radius 2 is 2.26 bits per heavy atom. The van der Waals surface area contributed by atoms with Gasteiger partial charge in [0.15, 0.2) is 0 Å². The van der Waals surface area contributed by atoms with Gasteiger partial charge < -0.3 is 15.0 Å². The van der Waals surface area contributed by atoms with E-state index in [1.165, 1.54) is 12.8 Å². The number of rotatable bonds is 2. The van der Waals surface area contributed by atoms with Crippen molar-refractivity contribution in [3.8, 4) is 0 Å². The average molecular weight is 255 g/mol. The van der Waals surface area contributed by atoms with Gasteiger partial charge in [-0.25, -0.2) is 0 Å². The molecule has 19 heavy (non-hydrogen) atoms. The van der Waals surface area contributed by atoms with E-state index in [9.17, 15) is 4.79 Å². The molecule has 0 radical (unpaired) electrons. The lowest BCUT2D eigenvalue weighted by molar-refractivity contribution is 0.0931. The first kappa shape index (κ1) is 11.1. The van der Waals surface area contributed by atoms with E-state index < -0.39 is 0 Å². The number of carbonyl (C=O) groups excluding carboxylic acids is 1. The molecule has 2 aromatic heterocycles. The molecule has 0 spiro atoms. The summed E-state index contributed by atoms with van der Waals surface area (Å²) >= 11 is 0. The van der Waals surface area contributed by atoms with Gasteiger partial charge in [0, 0.05) is 41.6 Å². The summed E-state index contributed by atoms with van der Waals surface area (Å²) in [6.45, 7) is 0. The standard InChI is InChI=1S/C15H17N3O/c19-15(17-14-9-11-3-4-13(14)16-11)10-5-7-18-6-1-2-12(18)8-10/h1-2,5-8,11,13-14,16H,3-4,9H2,(H,17,19)/t11-,13+,14-/m1/s1. The average Bonchev–Trinajstić information content (AvgIpc) is 3.13. The Bertz CT molecular complexity index is 633. The Hall–Kier alpha value is -1.81. The van der Waals surface area contributed by atoms with Crippen LogP contribution in [0.1, 0.15) is 29.6 Å². The Morgan fingerprint density at radius 3 is 3.05 bits per heavy atom. The highest BCUT2D eigenvalue weighted by Gasteiger charge is 2.39. The lowest BCUT2D eigenvalue weighted by Gasteiger charge is -2.21. The predicted octanol–water partition coefficient (Wildman–Crippen LogP) is 1.56. The van der Waals surface area contributed by atoms with Crippen LogP contribution in [0.25, 0.3) is 5.52 Å². The van der Waals surface area contributed by atoms with Crippen molar-refractivity contribution in [1.29, 1.82) is 0 Å². The lowest BCUT2D eigenvalue weighted by Crippen LogP contribution is -2.42. The minimum absolute atomic E-state index is 0.0445. The van der Waals surface area contributed by atoms with E-state index in [-0.39, 0.29) is 5.91 Å². The summed E-state index contributed by atoms with van der Waals surface area (Å²) in [4.78, 5) is 12.3. The second-order valence-electron chi connectivity index (χ2n) is 5.62. The molecule has 0 aliphatic carbocycles. The SMILES string of the molecule is O=C(N[C@@H]1C[C@H]2CC[C@@H]1N2)c1ccn2cccc2c1. The first-order valence-corrected chi connectivity index (χ1v) is 6.93. The molecule has 0 aromatic carbocycles. The summed E-state index contributed by atoms with van der Waals surface area (Å²) in [5.74, 6) is 0.0445. The highest BCUT2D eigenvalue weighted by atomic mass is 16.1. The molecule has 0 saturated carbocycles. The van der Waals surface area contributed by atoms with E-state index in [0.717, 1.165) is 17.5 Å². The van der Waals surface area contributed by atoms with Gasteiger partial charge in [-0.3, -0.25) is 4.79 Å².